The molecule has 9 nitrogen and oxygen atoms in total. The Hall–Kier alpha value is -3.49. The normalized spacial score (nSPS) is 9.46. The number of carbonyl (C=O) groups is 3. The van der Waals surface area contributed by atoms with Crippen molar-refractivity contribution in [2.24, 2.45) is 0 Å². The van der Waals surface area contributed by atoms with E-state index in [1.165, 1.54) is 19.4 Å². The molecule has 0 aliphatic heterocycles. The molecule has 0 aliphatic carbocycles. The molecule has 9 heteroatoms. The van der Waals surface area contributed by atoms with Crippen molar-refractivity contribution in [2.45, 2.75) is 19.8 Å². The summed E-state index contributed by atoms with van der Waals surface area (Å²) in [4.78, 5) is 39.5. The van der Waals surface area contributed by atoms with E-state index in [9.17, 15) is 14.4 Å². The zero-order chi connectivity index (χ0) is 19.5. The van der Waals surface area contributed by atoms with E-state index in [4.69, 9.17) is 14.9 Å². The zero-order valence-corrected chi connectivity index (χ0v) is 14.3. The third-order valence-corrected chi connectivity index (χ3v) is 2.94. The average Bonchev–Trinajstić information content (AvgIpc) is 2.60. The van der Waals surface area contributed by atoms with E-state index in [2.05, 4.69) is 15.3 Å². The Bertz CT molecular complexity index is 779. The summed E-state index contributed by atoms with van der Waals surface area (Å²) in [6.45, 7) is 1.88. The lowest BCUT2D eigenvalue weighted by Gasteiger charge is -2.03. The molecule has 2 rings (SSSR count). The number of anilines is 1. The van der Waals surface area contributed by atoms with Crippen molar-refractivity contribution in [1.29, 1.82) is 0 Å². The van der Waals surface area contributed by atoms with Crippen molar-refractivity contribution in [3.8, 4) is 5.88 Å². The molecule has 0 unspecified atom stereocenters. The van der Waals surface area contributed by atoms with Gasteiger partial charge in [0.05, 0.1) is 13.5 Å². The number of rotatable bonds is 6. The molecule has 2 aromatic rings. The van der Waals surface area contributed by atoms with Crippen LogP contribution in [0.3, 0.4) is 0 Å². The maximum absolute atomic E-state index is 11.2. The molecule has 2 heterocycles. The highest BCUT2D eigenvalue weighted by Gasteiger charge is 2.09. The first-order valence-electron chi connectivity index (χ1n) is 7.50. The number of methoxy groups -OCH3 is 1. The van der Waals surface area contributed by atoms with E-state index < -0.39 is 11.9 Å². The Morgan fingerprint density at radius 3 is 2.38 bits per heavy atom. The summed E-state index contributed by atoms with van der Waals surface area (Å²) < 4.78 is 4.71. The average molecular weight is 361 g/mol. The van der Waals surface area contributed by atoms with Crippen LogP contribution in [0.2, 0.25) is 0 Å². The largest absolute Gasteiger partial charge is 0.481 e. The summed E-state index contributed by atoms with van der Waals surface area (Å²) in [5.74, 6) is -1.77. The molecule has 0 saturated heterocycles. The second-order valence-electron chi connectivity index (χ2n) is 5.03. The number of pyridine rings is 2. The van der Waals surface area contributed by atoms with Crippen molar-refractivity contribution in [1.82, 2.24) is 9.97 Å². The number of nitrogens with zero attached hydrogens (tertiary/aromatic N) is 2. The molecule has 2 aromatic heterocycles. The van der Waals surface area contributed by atoms with Crippen LogP contribution in [-0.2, 0) is 9.59 Å². The number of aromatic carboxylic acids is 1. The van der Waals surface area contributed by atoms with Gasteiger partial charge in [0.2, 0.25) is 11.8 Å². The van der Waals surface area contributed by atoms with Crippen LogP contribution in [0, 0.1) is 6.92 Å². The van der Waals surface area contributed by atoms with Gasteiger partial charge in [-0.15, -0.1) is 0 Å². The van der Waals surface area contributed by atoms with Gasteiger partial charge in [-0.1, -0.05) is 0 Å². The summed E-state index contributed by atoms with van der Waals surface area (Å²) in [7, 11) is 1.38. The first-order valence-corrected chi connectivity index (χ1v) is 7.50. The number of ether oxygens (including phenoxy) is 1. The number of aryl methyl sites for hydroxylation is 1. The first-order chi connectivity index (χ1) is 12.3. The van der Waals surface area contributed by atoms with Gasteiger partial charge in [0.15, 0.2) is 0 Å². The lowest BCUT2D eigenvalue weighted by atomic mass is 10.3. The molecule has 138 valence electrons. The van der Waals surface area contributed by atoms with Crippen LogP contribution in [0.5, 0.6) is 5.88 Å². The van der Waals surface area contributed by atoms with Gasteiger partial charge in [0.25, 0.3) is 0 Å². The van der Waals surface area contributed by atoms with Crippen LogP contribution in [0.4, 0.5) is 5.82 Å². The number of hydrogen-bond donors (Lipinski definition) is 3. The van der Waals surface area contributed by atoms with Gasteiger partial charge in [-0.3, -0.25) is 9.59 Å². The van der Waals surface area contributed by atoms with E-state index in [1.807, 2.05) is 13.0 Å². The highest BCUT2D eigenvalue weighted by molar-refractivity contribution is 5.91. The van der Waals surface area contributed by atoms with Gasteiger partial charge in [-0.05, 0) is 36.8 Å². The van der Waals surface area contributed by atoms with Crippen molar-refractivity contribution < 1.29 is 29.3 Å². The van der Waals surface area contributed by atoms with E-state index in [-0.39, 0.29) is 30.2 Å². The van der Waals surface area contributed by atoms with E-state index in [1.54, 1.807) is 18.3 Å². The van der Waals surface area contributed by atoms with Crippen LogP contribution in [0.25, 0.3) is 0 Å². The van der Waals surface area contributed by atoms with Crippen LogP contribution >= 0.6 is 0 Å². The minimum atomic E-state index is -1.03. The van der Waals surface area contributed by atoms with Crippen molar-refractivity contribution in [3.05, 3.63) is 47.8 Å². The molecular formula is C17H19N3O6. The first kappa shape index (κ1) is 20.6. The monoisotopic (exact) mass is 361 g/mol. The second-order valence-corrected chi connectivity index (χ2v) is 5.03. The van der Waals surface area contributed by atoms with Crippen LogP contribution in [-0.4, -0.2) is 45.1 Å². The highest BCUT2D eigenvalue weighted by Crippen LogP contribution is 2.12. The number of carboxylic acid groups (broad SMARTS) is 2. The van der Waals surface area contributed by atoms with Crippen molar-refractivity contribution in [3.63, 3.8) is 0 Å². The van der Waals surface area contributed by atoms with Gasteiger partial charge in [0, 0.05) is 18.8 Å². The minimum absolute atomic E-state index is 0.0368. The third kappa shape index (κ3) is 7.39. The molecule has 26 heavy (non-hydrogen) atoms. The fourth-order valence-corrected chi connectivity index (χ4v) is 1.75. The topological polar surface area (TPSA) is 139 Å². The summed E-state index contributed by atoms with van der Waals surface area (Å²) >= 11 is 0. The second kappa shape index (κ2) is 10.4. The predicted octanol–water partition coefficient (Wildman–Crippen LogP) is 1.98. The Morgan fingerprint density at radius 2 is 1.85 bits per heavy atom. The SMILES string of the molecule is COc1ncccc1C(=O)O.Cc1ccnc(NC(=O)CCC(=O)O)c1. The maximum atomic E-state index is 11.2. The van der Waals surface area contributed by atoms with Gasteiger partial charge < -0.3 is 20.3 Å². The minimum Gasteiger partial charge on any atom is -0.481 e. The van der Waals surface area contributed by atoms with Gasteiger partial charge >= 0.3 is 11.9 Å². The number of aliphatic carboxylic acids is 1. The Balaban J connectivity index is 0.000000273. The molecule has 0 aliphatic rings. The zero-order valence-electron chi connectivity index (χ0n) is 14.3. The Kier molecular flexibility index (Phi) is 8.21. The van der Waals surface area contributed by atoms with Crippen molar-refractivity contribution in [2.75, 3.05) is 12.4 Å². The summed E-state index contributed by atoms with van der Waals surface area (Å²) in [6.07, 6.45) is 2.86. The van der Waals surface area contributed by atoms with E-state index >= 15 is 0 Å². The lowest BCUT2D eigenvalue weighted by Crippen LogP contribution is -2.14. The molecule has 0 aromatic carbocycles. The molecule has 1 amide bonds. The van der Waals surface area contributed by atoms with Gasteiger partial charge in [0.1, 0.15) is 11.4 Å². The number of carboxylic acids is 2. The fraction of sp³-hybridized carbons (Fsp3) is 0.235. The van der Waals surface area contributed by atoms with Crippen LogP contribution < -0.4 is 10.1 Å². The molecule has 3 N–H and O–H groups in total. The van der Waals surface area contributed by atoms with Crippen LogP contribution in [0.15, 0.2) is 36.7 Å². The van der Waals surface area contributed by atoms with Gasteiger partial charge in [-0.2, -0.15) is 0 Å². The number of hydrogen-bond acceptors (Lipinski definition) is 6. The van der Waals surface area contributed by atoms with Crippen molar-refractivity contribution >= 4 is 23.7 Å². The highest BCUT2D eigenvalue weighted by atomic mass is 16.5. The maximum Gasteiger partial charge on any atom is 0.341 e. The molecule has 0 atom stereocenters. The molecule has 0 saturated carbocycles. The number of aromatic nitrogens is 2. The molecular weight excluding hydrogens is 342 g/mol. The molecule has 0 radical (unpaired) electrons. The van der Waals surface area contributed by atoms with Gasteiger partial charge in [-0.25, -0.2) is 14.8 Å². The van der Waals surface area contributed by atoms with E-state index in [0.29, 0.717) is 5.82 Å². The predicted molar refractivity (Wildman–Crippen MR) is 92.2 cm³/mol. The Labute approximate surface area is 149 Å². The fourth-order valence-electron chi connectivity index (χ4n) is 1.75. The number of amides is 1. The lowest BCUT2D eigenvalue weighted by molar-refractivity contribution is -0.138. The quantitative estimate of drug-likeness (QED) is 0.710. The molecule has 0 bridgehead atoms. The number of nitrogens with one attached hydrogen (secondary N) is 1. The molecule has 0 spiro atoms. The third-order valence-electron chi connectivity index (χ3n) is 2.94. The Morgan fingerprint density at radius 1 is 1.12 bits per heavy atom. The number of carbonyl (C=O) groups excluding carboxylic acids is 1. The smallest absolute Gasteiger partial charge is 0.341 e. The van der Waals surface area contributed by atoms with Crippen LogP contribution in [0.1, 0.15) is 28.8 Å². The summed E-state index contributed by atoms with van der Waals surface area (Å²) in [6, 6.07) is 6.52. The summed E-state index contributed by atoms with van der Waals surface area (Å²) in [5, 5.41) is 19.5. The summed E-state index contributed by atoms with van der Waals surface area (Å²) in [5.41, 5.74) is 1.06. The van der Waals surface area contributed by atoms with E-state index in [0.717, 1.165) is 5.56 Å². The molecule has 0 fully saturated rings. The standard InChI is InChI=1S/C10H12N2O3.C7H7NO3/c1-7-4-5-11-8(6-7)12-9(13)2-3-10(14)15;1-11-6-5(7(9)10)3-2-4-8-6/h4-6H,2-3H2,1H3,(H,14,15)(H,11,12,13);2-4H,1H3,(H,9,10).